The Morgan fingerprint density at radius 2 is 2.35 bits per heavy atom. The summed E-state index contributed by atoms with van der Waals surface area (Å²) in [5.41, 5.74) is 3.14. The average molecular weight is 232 g/mol. The van der Waals surface area contributed by atoms with Gasteiger partial charge in [0.05, 0.1) is 0 Å². The van der Waals surface area contributed by atoms with Gasteiger partial charge in [0, 0.05) is 24.3 Å². The minimum absolute atomic E-state index is 0.0685. The molecule has 2 N–H and O–H groups in total. The monoisotopic (exact) mass is 232 g/mol. The van der Waals surface area contributed by atoms with Crippen molar-refractivity contribution in [2.24, 2.45) is 0 Å². The molecule has 0 radical (unpaired) electrons. The number of hydrogen-bond donors (Lipinski definition) is 2. The molecule has 3 heteroatoms. The number of carbonyl (C=O) groups excluding carboxylic acids is 1. The summed E-state index contributed by atoms with van der Waals surface area (Å²) in [6.07, 6.45) is 4.25. The maximum Gasteiger partial charge on any atom is 0.251 e. The van der Waals surface area contributed by atoms with Crippen LogP contribution in [0.15, 0.2) is 18.2 Å². The topological polar surface area (TPSA) is 41.1 Å². The van der Waals surface area contributed by atoms with Gasteiger partial charge in [0.2, 0.25) is 0 Å². The SMILES string of the molecule is CCCCNC(=O)c1cccc2c1CCCN2. The molecule has 1 amide bonds. The molecule has 1 heterocycles. The molecule has 0 aliphatic carbocycles. The number of fused-ring (bicyclic) bond motifs is 1. The number of anilines is 1. The maximum absolute atomic E-state index is 12.1. The zero-order valence-corrected chi connectivity index (χ0v) is 10.4. The van der Waals surface area contributed by atoms with E-state index in [0.29, 0.717) is 0 Å². The van der Waals surface area contributed by atoms with Crippen LogP contribution >= 0.6 is 0 Å². The van der Waals surface area contributed by atoms with Gasteiger partial charge in [-0.1, -0.05) is 19.4 Å². The van der Waals surface area contributed by atoms with Crippen molar-refractivity contribution in [3.63, 3.8) is 0 Å². The molecule has 0 unspecified atom stereocenters. The highest BCUT2D eigenvalue weighted by Gasteiger charge is 2.16. The van der Waals surface area contributed by atoms with Crippen LogP contribution in [0.4, 0.5) is 5.69 Å². The lowest BCUT2D eigenvalue weighted by Crippen LogP contribution is -2.26. The molecule has 1 aliphatic rings. The first-order chi connectivity index (χ1) is 8.33. The summed E-state index contributed by atoms with van der Waals surface area (Å²) < 4.78 is 0. The molecule has 0 saturated heterocycles. The van der Waals surface area contributed by atoms with E-state index in [4.69, 9.17) is 0 Å². The van der Waals surface area contributed by atoms with Crippen LogP contribution in [0.3, 0.4) is 0 Å². The van der Waals surface area contributed by atoms with Gasteiger partial charge in [-0.15, -0.1) is 0 Å². The molecule has 92 valence electrons. The first-order valence-electron chi connectivity index (χ1n) is 6.47. The van der Waals surface area contributed by atoms with Crippen LogP contribution in [-0.4, -0.2) is 19.0 Å². The third-order valence-electron chi connectivity index (χ3n) is 3.16. The van der Waals surface area contributed by atoms with Crippen LogP contribution in [0, 0.1) is 0 Å². The molecule has 0 bridgehead atoms. The Hall–Kier alpha value is -1.51. The molecular weight excluding hydrogens is 212 g/mol. The van der Waals surface area contributed by atoms with E-state index in [1.54, 1.807) is 0 Å². The molecule has 0 fully saturated rings. The molecular formula is C14H20N2O. The van der Waals surface area contributed by atoms with Crippen molar-refractivity contribution >= 4 is 11.6 Å². The highest BCUT2D eigenvalue weighted by molar-refractivity contribution is 5.97. The highest BCUT2D eigenvalue weighted by Crippen LogP contribution is 2.25. The van der Waals surface area contributed by atoms with Crippen molar-refractivity contribution in [3.05, 3.63) is 29.3 Å². The van der Waals surface area contributed by atoms with Gasteiger partial charge in [-0.2, -0.15) is 0 Å². The Bertz CT molecular complexity index is 401. The van der Waals surface area contributed by atoms with E-state index in [2.05, 4.69) is 23.6 Å². The van der Waals surface area contributed by atoms with Gasteiger partial charge in [-0.3, -0.25) is 4.79 Å². The lowest BCUT2D eigenvalue weighted by molar-refractivity contribution is 0.0952. The van der Waals surface area contributed by atoms with Gasteiger partial charge in [-0.05, 0) is 37.0 Å². The van der Waals surface area contributed by atoms with E-state index in [-0.39, 0.29) is 5.91 Å². The van der Waals surface area contributed by atoms with Crippen LogP contribution in [0.25, 0.3) is 0 Å². The minimum Gasteiger partial charge on any atom is -0.385 e. The summed E-state index contributed by atoms with van der Waals surface area (Å²) in [5, 5.41) is 6.33. The number of amides is 1. The Morgan fingerprint density at radius 1 is 1.47 bits per heavy atom. The average Bonchev–Trinajstić information content (AvgIpc) is 2.38. The van der Waals surface area contributed by atoms with Gasteiger partial charge < -0.3 is 10.6 Å². The van der Waals surface area contributed by atoms with E-state index >= 15 is 0 Å². The molecule has 17 heavy (non-hydrogen) atoms. The fraction of sp³-hybridized carbons (Fsp3) is 0.500. The van der Waals surface area contributed by atoms with Crippen LogP contribution in [0.2, 0.25) is 0 Å². The fourth-order valence-electron chi connectivity index (χ4n) is 2.20. The van der Waals surface area contributed by atoms with E-state index < -0.39 is 0 Å². The van der Waals surface area contributed by atoms with Crippen LogP contribution in [0.1, 0.15) is 42.1 Å². The van der Waals surface area contributed by atoms with Gasteiger partial charge in [0.25, 0.3) is 5.91 Å². The van der Waals surface area contributed by atoms with Gasteiger partial charge in [-0.25, -0.2) is 0 Å². The molecule has 1 aliphatic heterocycles. The zero-order chi connectivity index (χ0) is 12.1. The lowest BCUT2D eigenvalue weighted by atomic mass is 9.97. The lowest BCUT2D eigenvalue weighted by Gasteiger charge is -2.20. The molecule has 1 aromatic rings. The summed E-state index contributed by atoms with van der Waals surface area (Å²) in [7, 11) is 0. The Labute approximate surface area is 103 Å². The normalized spacial score (nSPS) is 13.7. The van der Waals surface area contributed by atoms with E-state index in [1.165, 1.54) is 5.56 Å². The third-order valence-corrected chi connectivity index (χ3v) is 3.16. The first kappa shape index (κ1) is 12.0. The van der Waals surface area contributed by atoms with Crippen LogP contribution < -0.4 is 10.6 Å². The Morgan fingerprint density at radius 3 is 3.18 bits per heavy atom. The van der Waals surface area contributed by atoms with Crippen molar-refractivity contribution in [3.8, 4) is 0 Å². The number of hydrogen-bond acceptors (Lipinski definition) is 2. The molecule has 1 aromatic carbocycles. The van der Waals surface area contributed by atoms with Crippen LogP contribution in [0.5, 0.6) is 0 Å². The van der Waals surface area contributed by atoms with Crippen molar-refractivity contribution in [2.75, 3.05) is 18.4 Å². The molecule has 0 spiro atoms. The van der Waals surface area contributed by atoms with E-state index in [1.807, 2.05) is 12.1 Å². The Balaban J connectivity index is 2.12. The third kappa shape index (κ3) is 2.78. The summed E-state index contributed by atoms with van der Waals surface area (Å²) in [4.78, 5) is 12.1. The second-order valence-corrected chi connectivity index (χ2v) is 4.47. The number of carbonyl (C=O) groups is 1. The summed E-state index contributed by atoms with van der Waals surface area (Å²) in [6.45, 7) is 3.90. The second-order valence-electron chi connectivity index (χ2n) is 4.47. The summed E-state index contributed by atoms with van der Waals surface area (Å²) in [5.74, 6) is 0.0685. The molecule has 3 nitrogen and oxygen atoms in total. The standard InChI is InChI=1S/C14H20N2O/c1-2-3-9-16-14(17)12-6-4-8-13-11(12)7-5-10-15-13/h4,6,8,15H,2-3,5,7,9-10H2,1H3,(H,16,17). The van der Waals surface area contributed by atoms with Gasteiger partial charge in [0.15, 0.2) is 0 Å². The first-order valence-corrected chi connectivity index (χ1v) is 6.47. The number of nitrogens with one attached hydrogen (secondary N) is 2. The smallest absolute Gasteiger partial charge is 0.251 e. The van der Waals surface area contributed by atoms with Crippen molar-refractivity contribution in [1.82, 2.24) is 5.32 Å². The van der Waals surface area contributed by atoms with Crippen molar-refractivity contribution < 1.29 is 4.79 Å². The van der Waals surface area contributed by atoms with Gasteiger partial charge in [0.1, 0.15) is 0 Å². The van der Waals surface area contributed by atoms with Crippen LogP contribution in [-0.2, 0) is 6.42 Å². The van der Waals surface area contributed by atoms with E-state index in [0.717, 1.165) is 50.0 Å². The zero-order valence-electron chi connectivity index (χ0n) is 10.4. The maximum atomic E-state index is 12.1. The van der Waals surface area contributed by atoms with Crippen molar-refractivity contribution in [2.45, 2.75) is 32.6 Å². The number of unbranched alkanes of at least 4 members (excludes halogenated alkanes) is 1. The predicted octanol–water partition coefficient (Wildman–Crippen LogP) is 2.57. The molecule has 0 aromatic heterocycles. The highest BCUT2D eigenvalue weighted by atomic mass is 16.1. The Kier molecular flexibility index (Phi) is 4.02. The molecule has 2 rings (SSSR count). The largest absolute Gasteiger partial charge is 0.385 e. The number of benzene rings is 1. The summed E-state index contributed by atoms with van der Waals surface area (Å²) in [6, 6.07) is 5.93. The minimum atomic E-state index is 0.0685. The van der Waals surface area contributed by atoms with E-state index in [9.17, 15) is 4.79 Å². The van der Waals surface area contributed by atoms with Gasteiger partial charge >= 0.3 is 0 Å². The molecule has 0 saturated carbocycles. The number of rotatable bonds is 4. The fourth-order valence-corrected chi connectivity index (χ4v) is 2.20. The van der Waals surface area contributed by atoms with Crippen molar-refractivity contribution in [1.29, 1.82) is 0 Å². The summed E-state index contributed by atoms with van der Waals surface area (Å²) >= 11 is 0. The molecule has 0 atom stereocenters. The predicted molar refractivity (Wildman–Crippen MR) is 70.5 cm³/mol. The quantitative estimate of drug-likeness (QED) is 0.783. The second kappa shape index (κ2) is 5.71.